The lowest BCUT2D eigenvalue weighted by atomic mass is 9.96. The van der Waals surface area contributed by atoms with Crippen LogP contribution in [0.1, 0.15) is 33.6 Å². The van der Waals surface area contributed by atoms with Crippen molar-refractivity contribution in [1.82, 2.24) is 9.62 Å². The zero-order valence-corrected chi connectivity index (χ0v) is 16.3. The molecule has 0 spiro atoms. The molecule has 24 heavy (non-hydrogen) atoms. The fourth-order valence-electron chi connectivity index (χ4n) is 2.62. The molecule has 1 N–H and O–H groups in total. The first-order chi connectivity index (χ1) is 11.0. The first-order valence-corrected chi connectivity index (χ1v) is 9.97. The molecule has 1 aromatic rings. The highest BCUT2D eigenvalue weighted by Crippen LogP contribution is 2.29. The molecular weight excluding hydrogens is 371 g/mol. The van der Waals surface area contributed by atoms with Gasteiger partial charge in [0.25, 0.3) is 0 Å². The van der Waals surface area contributed by atoms with Crippen LogP contribution in [0.25, 0.3) is 0 Å². The maximum Gasteiger partial charge on any atom is 0.243 e. The standard InChI is InChI=1S/C16H22Cl2N2O3S/c1-16(2,3)19-15(21)11-6-8-20(9-7-11)24(22,23)12-4-5-13(17)14(18)10-12/h4-5,10-11H,6-9H2,1-3H3,(H,19,21). The molecule has 0 radical (unpaired) electrons. The summed E-state index contributed by atoms with van der Waals surface area (Å²) in [4.78, 5) is 12.3. The average molecular weight is 393 g/mol. The summed E-state index contributed by atoms with van der Waals surface area (Å²) in [5.74, 6) is -0.182. The van der Waals surface area contributed by atoms with Gasteiger partial charge in [0, 0.05) is 24.5 Å². The van der Waals surface area contributed by atoms with E-state index in [9.17, 15) is 13.2 Å². The number of piperidine rings is 1. The van der Waals surface area contributed by atoms with E-state index in [4.69, 9.17) is 23.2 Å². The van der Waals surface area contributed by atoms with Gasteiger partial charge in [-0.15, -0.1) is 0 Å². The average Bonchev–Trinajstić information content (AvgIpc) is 2.48. The number of halogens is 2. The molecule has 1 amide bonds. The molecule has 1 aliphatic rings. The number of rotatable bonds is 3. The zero-order valence-electron chi connectivity index (χ0n) is 14.0. The smallest absolute Gasteiger partial charge is 0.243 e. The third-order valence-corrected chi connectivity index (χ3v) is 6.49. The molecule has 0 atom stereocenters. The van der Waals surface area contributed by atoms with Crippen LogP contribution in [-0.4, -0.2) is 37.3 Å². The van der Waals surface area contributed by atoms with Crippen molar-refractivity contribution in [2.45, 2.75) is 44.0 Å². The SMILES string of the molecule is CC(C)(C)NC(=O)C1CCN(S(=O)(=O)c2ccc(Cl)c(Cl)c2)CC1. The van der Waals surface area contributed by atoms with E-state index in [1.807, 2.05) is 20.8 Å². The van der Waals surface area contributed by atoms with Gasteiger partial charge in [0.2, 0.25) is 15.9 Å². The highest BCUT2D eigenvalue weighted by molar-refractivity contribution is 7.89. The van der Waals surface area contributed by atoms with Crippen molar-refractivity contribution in [3.05, 3.63) is 28.2 Å². The highest BCUT2D eigenvalue weighted by atomic mass is 35.5. The molecule has 0 aromatic heterocycles. The number of benzene rings is 1. The Labute approximate surface area is 153 Å². The molecule has 1 heterocycles. The number of carbonyl (C=O) groups excluding carboxylic acids is 1. The lowest BCUT2D eigenvalue weighted by Crippen LogP contribution is -2.47. The van der Waals surface area contributed by atoms with Gasteiger partial charge in [-0.25, -0.2) is 8.42 Å². The van der Waals surface area contributed by atoms with Crippen LogP contribution >= 0.6 is 23.2 Å². The molecular formula is C16H22Cl2N2O3S. The quantitative estimate of drug-likeness (QED) is 0.857. The van der Waals surface area contributed by atoms with E-state index in [-0.39, 0.29) is 27.3 Å². The van der Waals surface area contributed by atoms with Crippen LogP contribution in [0.15, 0.2) is 23.1 Å². The van der Waals surface area contributed by atoms with Crippen molar-refractivity contribution >= 4 is 39.1 Å². The second kappa shape index (κ2) is 7.20. The number of sulfonamides is 1. The van der Waals surface area contributed by atoms with E-state index >= 15 is 0 Å². The van der Waals surface area contributed by atoms with Crippen molar-refractivity contribution in [1.29, 1.82) is 0 Å². The van der Waals surface area contributed by atoms with Gasteiger partial charge in [-0.2, -0.15) is 4.31 Å². The maximum absolute atomic E-state index is 12.7. The summed E-state index contributed by atoms with van der Waals surface area (Å²) in [5.41, 5.74) is -0.291. The molecule has 0 bridgehead atoms. The molecule has 2 rings (SSSR count). The van der Waals surface area contributed by atoms with Gasteiger partial charge in [-0.1, -0.05) is 23.2 Å². The molecule has 0 aliphatic carbocycles. The third kappa shape index (κ3) is 4.63. The van der Waals surface area contributed by atoms with Crippen LogP contribution in [0.4, 0.5) is 0 Å². The second-order valence-corrected chi connectivity index (χ2v) is 9.75. The second-order valence-electron chi connectivity index (χ2n) is 6.99. The summed E-state index contributed by atoms with van der Waals surface area (Å²) in [6.45, 7) is 6.40. The maximum atomic E-state index is 12.7. The Morgan fingerprint density at radius 2 is 1.75 bits per heavy atom. The first-order valence-electron chi connectivity index (χ1n) is 7.78. The van der Waals surface area contributed by atoms with Crippen molar-refractivity contribution in [3.63, 3.8) is 0 Å². The van der Waals surface area contributed by atoms with Gasteiger partial charge >= 0.3 is 0 Å². The number of hydrogen-bond acceptors (Lipinski definition) is 3. The van der Waals surface area contributed by atoms with Gasteiger partial charge < -0.3 is 5.32 Å². The largest absolute Gasteiger partial charge is 0.351 e. The molecule has 1 aromatic carbocycles. The monoisotopic (exact) mass is 392 g/mol. The Hall–Kier alpha value is -0.820. The van der Waals surface area contributed by atoms with Crippen molar-refractivity contribution in [2.24, 2.45) is 5.92 Å². The zero-order chi connectivity index (χ0) is 18.1. The van der Waals surface area contributed by atoms with Crippen LogP contribution in [0.5, 0.6) is 0 Å². The van der Waals surface area contributed by atoms with Gasteiger partial charge in [-0.05, 0) is 51.8 Å². The summed E-state index contributed by atoms with van der Waals surface area (Å²) in [6, 6.07) is 4.28. The fourth-order valence-corrected chi connectivity index (χ4v) is 4.48. The van der Waals surface area contributed by atoms with Gasteiger partial charge in [0.15, 0.2) is 0 Å². The predicted octanol–water partition coefficient (Wildman–Crippen LogP) is 3.31. The number of amides is 1. The van der Waals surface area contributed by atoms with Crippen LogP contribution in [-0.2, 0) is 14.8 Å². The van der Waals surface area contributed by atoms with Crippen LogP contribution in [0.3, 0.4) is 0 Å². The van der Waals surface area contributed by atoms with E-state index in [1.165, 1.54) is 22.5 Å². The highest BCUT2D eigenvalue weighted by Gasteiger charge is 2.33. The minimum Gasteiger partial charge on any atom is -0.351 e. The summed E-state index contributed by atoms with van der Waals surface area (Å²) in [7, 11) is -3.63. The Morgan fingerprint density at radius 3 is 2.25 bits per heavy atom. The lowest BCUT2D eigenvalue weighted by Gasteiger charge is -2.32. The molecule has 8 heteroatoms. The van der Waals surface area contributed by atoms with Crippen LogP contribution < -0.4 is 5.32 Å². The van der Waals surface area contributed by atoms with Gasteiger partial charge in [-0.3, -0.25) is 4.79 Å². The normalized spacial score (nSPS) is 17.7. The van der Waals surface area contributed by atoms with E-state index < -0.39 is 10.0 Å². The summed E-state index contributed by atoms with van der Waals surface area (Å²) >= 11 is 11.8. The number of carbonyl (C=O) groups is 1. The Bertz CT molecular complexity index is 721. The van der Waals surface area contributed by atoms with Crippen molar-refractivity contribution in [2.75, 3.05) is 13.1 Å². The van der Waals surface area contributed by atoms with Gasteiger partial charge in [0.05, 0.1) is 14.9 Å². The lowest BCUT2D eigenvalue weighted by molar-refractivity contribution is -0.127. The summed E-state index contributed by atoms with van der Waals surface area (Å²) < 4.78 is 26.8. The summed E-state index contributed by atoms with van der Waals surface area (Å²) in [6.07, 6.45) is 1.00. The Kier molecular flexibility index (Phi) is 5.85. The molecule has 0 saturated carbocycles. The topological polar surface area (TPSA) is 66.5 Å². The molecule has 5 nitrogen and oxygen atoms in total. The van der Waals surface area contributed by atoms with E-state index in [0.29, 0.717) is 31.0 Å². The van der Waals surface area contributed by atoms with Crippen molar-refractivity contribution < 1.29 is 13.2 Å². The van der Waals surface area contributed by atoms with Crippen molar-refractivity contribution in [3.8, 4) is 0 Å². The van der Waals surface area contributed by atoms with Gasteiger partial charge in [0.1, 0.15) is 0 Å². The molecule has 134 valence electrons. The predicted molar refractivity (Wildman–Crippen MR) is 95.8 cm³/mol. The Morgan fingerprint density at radius 1 is 1.17 bits per heavy atom. The minimum atomic E-state index is -3.63. The van der Waals surface area contributed by atoms with Crippen LogP contribution in [0, 0.1) is 5.92 Å². The first kappa shape index (κ1) is 19.5. The number of hydrogen-bond donors (Lipinski definition) is 1. The molecule has 1 saturated heterocycles. The van der Waals surface area contributed by atoms with E-state index in [2.05, 4.69) is 5.32 Å². The third-order valence-electron chi connectivity index (χ3n) is 3.85. The molecule has 1 fully saturated rings. The fraction of sp³-hybridized carbons (Fsp3) is 0.562. The van der Waals surface area contributed by atoms with E-state index in [1.54, 1.807) is 0 Å². The van der Waals surface area contributed by atoms with Crippen LogP contribution in [0.2, 0.25) is 10.0 Å². The molecule has 0 unspecified atom stereocenters. The summed E-state index contributed by atoms with van der Waals surface area (Å²) in [5, 5.41) is 3.47. The minimum absolute atomic E-state index is 0.0194. The number of nitrogens with zero attached hydrogens (tertiary/aromatic N) is 1. The number of nitrogens with one attached hydrogen (secondary N) is 1. The molecule has 1 aliphatic heterocycles. The van der Waals surface area contributed by atoms with E-state index in [0.717, 1.165) is 0 Å². The Balaban J connectivity index is 2.05.